The summed E-state index contributed by atoms with van der Waals surface area (Å²) in [5.41, 5.74) is 0.919. The molecule has 142 valence electrons. The SMILES string of the molecule is COc1ccc(Cc2nc(C[C@@H]3CCCOC3)n(CC(F)(F)F)n2)cc1. The highest BCUT2D eigenvalue weighted by molar-refractivity contribution is 5.28. The smallest absolute Gasteiger partial charge is 0.408 e. The molecule has 1 aliphatic rings. The molecule has 0 saturated carbocycles. The van der Waals surface area contributed by atoms with Crippen LogP contribution in [0.5, 0.6) is 5.75 Å². The van der Waals surface area contributed by atoms with E-state index in [0.717, 1.165) is 28.8 Å². The molecule has 0 unspecified atom stereocenters. The first-order chi connectivity index (χ1) is 12.4. The number of ether oxygens (including phenoxy) is 2. The molecular formula is C18H22F3N3O2. The predicted molar refractivity (Wildman–Crippen MR) is 89.1 cm³/mol. The minimum absolute atomic E-state index is 0.189. The van der Waals surface area contributed by atoms with Gasteiger partial charge in [-0.3, -0.25) is 0 Å². The Morgan fingerprint density at radius 3 is 2.65 bits per heavy atom. The molecule has 1 aromatic heterocycles. The Kier molecular flexibility index (Phi) is 5.80. The third-order valence-corrected chi connectivity index (χ3v) is 4.37. The van der Waals surface area contributed by atoms with Crippen molar-refractivity contribution in [1.82, 2.24) is 14.8 Å². The second kappa shape index (κ2) is 8.07. The van der Waals surface area contributed by atoms with Gasteiger partial charge in [0.25, 0.3) is 0 Å². The Hall–Kier alpha value is -2.09. The third-order valence-electron chi connectivity index (χ3n) is 4.37. The van der Waals surface area contributed by atoms with Crippen LogP contribution in [0.3, 0.4) is 0 Å². The van der Waals surface area contributed by atoms with E-state index in [1.807, 2.05) is 24.3 Å². The van der Waals surface area contributed by atoms with Gasteiger partial charge in [-0.2, -0.15) is 18.3 Å². The number of halogens is 3. The van der Waals surface area contributed by atoms with Crippen LogP contribution < -0.4 is 4.74 Å². The quantitative estimate of drug-likeness (QED) is 0.783. The lowest BCUT2D eigenvalue weighted by atomic mass is 9.98. The molecule has 1 atom stereocenters. The lowest BCUT2D eigenvalue weighted by Crippen LogP contribution is -2.24. The van der Waals surface area contributed by atoms with Crippen molar-refractivity contribution in [3.63, 3.8) is 0 Å². The van der Waals surface area contributed by atoms with E-state index in [9.17, 15) is 13.2 Å². The van der Waals surface area contributed by atoms with E-state index in [-0.39, 0.29) is 5.92 Å². The van der Waals surface area contributed by atoms with Crippen LogP contribution in [-0.4, -0.2) is 41.3 Å². The van der Waals surface area contributed by atoms with Crippen molar-refractivity contribution in [1.29, 1.82) is 0 Å². The molecule has 5 nitrogen and oxygen atoms in total. The summed E-state index contributed by atoms with van der Waals surface area (Å²) in [4.78, 5) is 4.39. The van der Waals surface area contributed by atoms with E-state index in [4.69, 9.17) is 9.47 Å². The summed E-state index contributed by atoms with van der Waals surface area (Å²) in [6.45, 7) is 0.159. The van der Waals surface area contributed by atoms with Crippen LogP contribution in [0.25, 0.3) is 0 Å². The molecule has 8 heteroatoms. The number of hydrogen-bond donors (Lipinski definition) is 0. The van der Waals surface area contributed by atoms with E-state index >= 15 is 0 Å². The molecular weight excluding hydrogens is 347 g/mol. The van der Waals surface area contributed by atoms with Crippen molar-refractivity contribution in [2.45, 2.75) is 38.4 Å². The topological polar surface area (TPSA) is 49.2 Å². The first-order valence-corrected chi connectivity index (χ1v) is 8.63. The van der Waals surface area contributed by atoms with Gasteiger partial charge in [0, 0.05) is 26.1 Å². The van der Waals surface area contributed by atoms with Crippen molar-refractivity contribution < 1.29 is 22.6 Å². The van der Waals surface area contributed by atoms with Gasteiger partial charge < -0.3 is 9.47 Å². The lowest BCUT2D eigenvalue weighted by Gasteiger charge is -2.21. The van der Waals surface area contributed by atoms with Gasteiger partial charge in [0.15, 0.2) is 5.82 Å². The van der Waals surface area contributed by atoms with Gasteiger partial charge in [-0.15, -0.1) is 0 Å². The van der Waals surface area contributed by atoms with Crippen LogP contribution in [0.4, 0.5) is 13.2 Å². The molecule has 1 aliphatic heterocycles. The van der Waals surface area contributed by atoms with Crippen molar-refractivity contribution >= 4 is 0 Å². The minimum Gasteiger partial charge on any atom is -0.497 e. The number of hydrogen-bond acceptors (Lipinski definition) is 4. The minimum atomic E-state index is -4.33. The Balaban J connectivity index is 1.77. The Labute approximate surface area is 150 Å². The normalized spacial score (nSPS) is 18.1. The predicted octanol–water partition coefficient (Wildman–Crippen LogP) is 3.41. The third kappa shape index (κ3) is 5.20. The second-order valence-corrected chi connectivity index (χ2v) is 6.53. The maximum atomic E-state index is 12.9. The number of alkyl halides is 3. The van der Waals surface area contributed by atoms with Crippen molar-refractivity contribution in [2.75, 3.05) is 20.3 Å². The Bertz CT molecular complexity index is 707. The maximum Gasteiger partial charge on any atom is 0.408 e. The molecule has 1 aromatic carbocycles. The van der Waals surface area contributed by atoms with Gasteiger partial charge in [0.1, 0.15) is 18.1 Å². The summed E-state index contributed by atoms with van der Waals surface area (Å²) in [6, 6.07) is 7.33. The molecule has 1 saturated heterocycles. The van der Waals surface area contributed by atoms with Crippen molar-refractivity contribution in [3.05, 3.63) is 41.5 Å². The van der Waals surface area contributed by atoms with E-state index in [1.54, 1.807) is 7.11 Å². The number of nitrogens with zero attached hydrogens (tertiary/aromatic N) is 3. The van der Waals surface area contributed by atoms with E-state index in [2.05, 4.69) is 10.1 Å². The fraction of sp³-hybridized carbons (Fsp3) is 0.556. The summed E-state index contributed by atoms with van der Waals surface area (Å²) in [5.74, 6) is 1.68. The highest BCUT2D eigenvalue weighted by Gasteiger charge is 2.31. The number of methoxy groups -OCH3 is 1. The summed E-state index contributed by atoms with van der Waals surface area (Å²) >= 11 is 0. The number of benzene rings is 1. The largest absolute Gasteiger partial charge is 0.497 e. The summed E-state index contributed by atoms with van der Waals surface area (Å²) in [6.07, 6.45) is -1.64. The first-order valence-electron chi connectivity index (χ1n) is 8.63. The van der Waals surface area contributed by atoms with Gasteiger partial charge in [-0.1, -0.05) is 12.1 Å². The standard InChI is InChI=1S/C18H22F3N3O2/c1-25-15-6-4-13(5-7-15)9-16-22-17(10-14-3-2-8-26-11-14)24(23-16)12-18(19,20)21/h4-7,14H,2-3,8-12H2,1H3/t14-/m0/s1. The van der Waals surface area contributed by atoms with Crippen molar-refractivity contribution in [2.24, 2.45) is 5.92 Å². The molecule has 3 rings (SSSR count). The van der Waals surface area contributed by atoms with Gasteiger partial charge in [-0.25, -0.2) is 9.67 Å². The average Bonchev–Trinajstić information content (AvgIpc) is 2.95. The molecule has 0 radical (unpaired) electrons. The Morgan fingerprint density at radius 2 is 2.04 bits per heavy atom. The summed E-state index contributed by atoms with van der Waals surface area (Å²) < 4.78 is 50.2. The van der Waals surface area contributed by atoms with Crippen molar-refractivity contribution in [3.8, 4) is 5.75 Å². The molecule has 1 fully saturated rings. The molecule has 0 N–H and O–H groups in total. The zero-order valence-corrected chi connectivity index (χ0v) is 14.6. The highest BCUT2D eigenvalue weighted by atomic mass is 19.4. The molecule has 26 heavy (non-hydrogen) atoms. The van der Waals surface area contributed by atoms with Crippen LogP contribution >= 0.6 is 0 Å². The fourth-order valence-corrected chi connectivity index (χ4v) is 3.10. The van der Waals surface area contributed by atoms with Gasteiger partial charge in [0.2, 0.25) is 0 Å². The maximum absolute atomic E-state index is 12.9. The van der Waals surface area contributed by atoms with Crippen LogP contribution in [0.15, 0.2) is 24.3 Å². The molecule has 0 aliphatic carbocycles. The van der Waals surface area contributed by atoms with Crippen LogP contribution in [0.2, 0.25) is 0 Å². The Morgan fingerprint density at radius 1 is 1.27 bits per heavy atom. The van der Waals surface area contributed by atoms with E-state index in [1.165, 1.54) is 0 Å². The van der Waals surface area contributed by atoms with E-state index < -0.39 is 12.7 Å². The lowest BCUT2D eigenvalue weighted by molar-refractivity contribution is -0.143. The van der Waals surface area contributed by atoms with Crippen LogP contribution in [-0.2, 0) is 24.1 Å². The van der Waals surface area contributed by atoms with Crippen LogP contribution in [0, 0.1) is 5.92 Å². The van der Waals surface area contributed by atoms with Gasteiger partial charge >= 0.3 is 6.18 Å². The van der Waals surface area contributed by atoms with Gasteiger partial charge in [-0.05, 0) is 36.5 Å². The summed E-state index contributed by atoms with van der Waals surface area (Å²) in [7, 11) is 1.58. The molecule has 0 spiro atoms. The van der Waals surface area contributed by atoms with Crippen LogP contribution in [0.1, 0.15) is 30.1 Å². The molecule has 2 heterocycles. The zero-order chi connectivity index (χ0) is 18.6. The first kappa shape index (κ1) is 18.7. The fourth-order valence-electron chi connectivity index (χ4n) is 3.10. The van der Waals surface area contributed by atoms with E-state index in [0.29, 0.717) is 37.7 Å². The average molecular weight is 369 g/mol. The number of rotatable bonds is 6. The zero-order valence-electron chi connectivity index (χ0n) is 14.6. The molecule has 2 aromatic rings. The number of aromatic nitrogens is 3. The molecule has 0 bridgehead atoms. The van der Waals surface area contributed by atoms with Gasteiger partial charge in [0.05, 0.1) is 7.11 Å². The second-order valence-electron chi connectivity index (χ2n) is 6.53. The monoisotopic (exact) mass is 369 g/mol. The molecule has 0 amide bonds. The summed E-state index contributed by atoms with van der Waals surface area (Å²) in [5, 5.41) is 4.11. The highest BCUT2D eigenvalue weighted by Crippen LogP contribution is 2.22.